The number of aryl methyl sites for hydroxylation is 1. The molecule has 1 N–H and O–H groups in total. The van der Waals surface area contributed by atoms with Crippen LogP contribution in [0.4, 0.5) is 5.69 Å². The van der Waals surface area contributed by atoms with Gasteiger partial charge in [0.1, 0.15) is 17.6 Å². The molecule has 2 amide bonds. The van der Waals surface area contributed by atoms with Crippen LogP contribution < -0.4 is 5.32 Å². The van der Waals surface area contributed by atoms with Gasteiger partial charge in [0.2, 0.25) is 5.91 Å². The van der Waals surface area contributed by atoms with Crippen molar-refractivity contribution in [2.24, 2.45) is 9.98 Å². The number of aliphatic imine (C=N–C) groups is 2. The Morgan fingerprint density at radius 2 is 1.94 bits per heavy atom. The number of hydrogen-bond donors (Lipinski definition) is 1. The van der Waals surface area contributed by atoms with Crippen molar-refractivity contribution in [2.45, 2.75) is 31.7 Å². The molecule has 7 nitrogen and oxygen atoms in total. The van der Waals surface area contributed by atoms with Crippen molar-refractivity contribution in [1.29, 1.82) is 0 Å². The van der Waals surface area contributed by atoms with E-state index in [2.05, 4.69) is 41.5 Å². The van der Waals surface area contributed by atoms with Crippen LogP contribution in [-0.4, -0.2) is 33.8 Å². The SMILES string of the molecule is Cc1ccc(CSC2=Nc3ccccc3C3=N[C@@H](CC(=O)NCc4ccco4)C(=O)N23)cc1. The Balaban J connectivity index is 1.34. The summed E-state index contributed by atoms with van der Waals surface area (Å²) in [5.41, 5.74) is 3.91. The maximum atomic E-state index is 13.3. The Labute approximate surface area is 195 Å². The molecule has 8 heteroatoms. The average molecular weight is 459 g/mol. The highest BCUT2D eigenvalue weighted by molar-refractivity contribution is 8.13. The van der Waals surface area contributed by atoms with E-state index in [1.54, 1.807) is 23.3 Å². The average Bonchev–Trinajstić information content (AvgIpc) is 3.46. The molecule has 0 aliphatic carbocycles. The van der Waals surface area contributed by atoms with E-state index in [-0.39, 0.29) is 24.8 Å². The van der Waals surface area contributed by atoms with Crippen molar-refractivity contribution in [1.82, 2.24) is 10.2 Å². The van der Waals surface area contributed by atoms with Crippen molar-refractivity contribution in [3.05, 3.63) is 89.4 Å². The number of thioether (sulfide) groups is 1. The number of hydrogen-bond acceptors (Lipinski definition) is 6. The number of carbonyl (C=O) groups is 2. The molecule has 3 aromatic rings. The lowest BCUT2D eigenvalue weighted by atomic mass is 10.1. The van der Waals surface area contributed by atoms with E-state index in [0.717, 1.165) is 16.8 Å². The number of furan rings is 1. The summed E-state index contributed by atoms with van der Waals surface area (Å²) in [6, 6.07) is 18.7. The number of nitrogens with zero attached hydrogens (tertiary/aromatic N) is 3. The highest BCUT2D eigenvalue weighted by Gasteiger charge is 2.42. The molecule has 5 rings (SSSR count). The number of para-hydroxylation sites is 1. The standard InChI is InChI=1S/C25H22N4O3S/c1-16-8-10-17(11-9-16)15-33-25-28-20-7-3-2-6-19(20)23-27-21(24(31)29(23)25)13-22(30)26-14-18-5-4-12-32-18/h2-12,21H,13-15H2,1H3,(H,26,30)/t21-/m0/s1. The molecule has 166 valence electrons. The summed E-state index contributed by atoms with van der Waals surface area (Å²) in [7, 11) is 0. The normalized spacial score (nSPS) is 16.7. The van der Waals surface area contributed by atoms with Gasteiger partial charge in [-0.1, -0.05) is 53.7 Å². The Morgan fingerprint density at radius 1 is 1.12 bits per heavy atom. The smallest absolute Gasteiger partial charge is 0.259 e. The molecule has 0 fully saturated rings. The molecule has 2 aliphatic rings. The Hall–Kier alpha value is -3.65. The molecule has 3 heterocycles. The first-order valence-electron chi connectivity index (χ1n) is 10.7. The summed E-state index contributed by atoms with van der Waals surface area (Å²) >= 11 is 1.49. The fourth-order valence-corrected chi connectivity index (χ4v) is 4.67. The Bertz CT molecular complexity index is 1250. The lowest BCUT2D eigenvalue weighted by Crippen LogP contribution is -2.42. The van der Waals surface area contributed by atoms with Crippen molar-refractivity contribution >= 4 is 40.3 Å². The van der Waals surface area contributed by atoms with Gasteiger partial charge in [0.15, 0.2) is 5.17 Å². The first-order valence-corrected chi connectivity index (χ1v) is 11.6. The molecular formula is C25H22N4O3S. The first-order chi connectivity index (χ1) is 16.1. The summed E-state index contributed by atoms with van der Waals surface area (Å²) < 4.78 is 5.24. The predicted molar refractivity (Wildman–Crippen MR) is 128 cm³/mol. The van der Waals surface area contributed by atoms with Gasteiger partial charge in [0, 0.05) is 11.3 Å². The second kappa shape index (κ2) is 9.07. The topological polar surface area (TPSA) is 87.3 Å². The van der Waals surface area contributed by atoms with Gasteiger partial charge in [-0.05, 0) is 36.8 Å². The van der Waals surface area contributed by atoms with Gasteiger partial charge in [-0.2, -0.15) is 0 Å². The number of carbonyl (C=O) groups excluding carboxylic acids is 2. The lowest BCUT2D eigenvalue weighted by Gasteiger charge is -2.25. The summed E-state index contributed by atoms with van der Waals surface area (Å²) in [6.07, 6.45) is 1.52. The Kier molecular flexibility index (Phi) is 5.83. The maximum Gasteiger partial charge on any atom is 0.259 e. The molecule has 0 saturated heterocycles. The Morgan fingerprint density at radius 3 is 2.73 bits per heavy atom. The minimum absolute atomic E-state index is 0.0301. The van der Waals surface area contributed by atoms with Crippen LogP contribution in [0.15, 0.2) is 81.3 Å². The van der Waals surface area contributed by atoms with Crippen LogP contribution in [-0.2, 0) is 21.9 Å². The molecule has 0 unspecified atom stereocenters. The minimum Gasteiger partial charge on any atom is -0.467 e. The second-order valence-electron chi connectivity index (χ2n) is 7.89. The van der Waals surface area contributed by atoms with E-state index >= 15 is 0 Å². The number of nitrogens with one attached hydrogen (secondary N) is 1. The number of amides is 2. The van der Waals surface area contributed by atoms with Gasteiger partial charge in [-0.15, -0.1) is 0 Å². The zero-order chi connectivity index (χ0) is 22.8. The molecular weight excluding hydrogens is 436 g/mol. The van der Waals surface area contributed by atoms with Gasteiger partial charge in [-0.3, -0.25) is 14.6 Å². The van der Waals surface area contributed by atoms with E-state index < -0.39 is 6.04 Å². The fraction of sp³-hybridized carbons (Fsp3) is 0.200. The lowest BCUT2D eigenvalue weighted by molar-refractivity contribution is -0.128. The number of rotatable bonds is 6. The molecule has 2 aliphatic heterocycles. The highest BCUT2D eigenvalue weighted by Crippen LogP contribution is 2.34. The maximum absolute atomic E-state index is 13.3. The zero-order valence-corrected chi connectivity index (χ0v) is 18.8. The van der Waals surface area contributed by atoms with Gasteiger partial charge < -0.3 is 9.73 Å². The van der Waals surface area contributed by atoms with E-state index in [1.807, 2.05) is 24.3 Å². The monoisotopic (exact) mass is 458 g/mol. The zero-order valence-electron chi connectivity index (χ0n) is 18.0. The van der Waals surface area contributed by atoms with Crippen LogP contribution in [0, 0.1) is 6.92 Å². The third-order valence-electron chi connectivity index (χ3n) is 5.45. The van der Waals surface area contributed by atoms with Crippen LogP contribution in [0.5, 0.6) is 0 Å². The molecule has 0 radical (unpaired) electrons. The van der Waals surface area contributed by atoms with Gasteiger partial charge in [0.05, 0.1) is 24.9 Å². The third-order valence-corrected chi connectivity index (χ3v) is 6.46. The first kappa shape index (κ1) is 21.2. The molecule has 33 heavy (non-hydrogen) atoms. The summed E-state index contributed by atoms with van der Waals surface area (Å²) in [6.45, 7) is 2.32. The van der Waals surface area contributed by atoms with Gasteiger partial charge >= 0.3 is 0 Å². The van der Waals surface area contributed by atoms with Crippen molar-refractivity contribution in [2.75, 3.05) is 0 Å². The number of amidine groups is 2. The van der Waals surface area contributed by atoms with Crippen LogP contribution in [0.25, 0.3) is 0 Å². The molecule has 1 atom stereocenters. The van der Waals surface area contributed by atoms with E-state index in [0.29, 0.717) is 22.5 Å². The van der Waals surface area contributed by atoms with Crippen LogP contribution in [0.1, 0.15) is 28.9 Å². The fourth-order valence-electron chi connectivity index (χ4n) is 3.71. The molecule has 0 saturated carbocycles. The summed E-state index contributed by atoms with van der Waals surface area (Å²) in [5, 5.41) is 3.37. The van der Waals surface area contributed by atoms with Crippen LogP contribution in [0.2, 0.25) is 0 Å². The van der Waals surface area contributed by atoms with Gasteiger partial charge in [-0.25, -0.2) is 9.89 Å². The minimum atomic E-state index is -0.784. The van der Waals surface area contributed by atoms with E-state index in [9.17, 15) is 9.59 Å². The summed E-state index contributed by atoms with van der Waals surface area (Å²) in [4.78, 5) is 36.7. The molecule has 1 aromatic heterocycles. The molecule has 2 aromatic carbocycles. The quantitative estimate of drug-likeness (QED) is 0.600. The summed E-state index contributed by atoms with van der Waals surface area (Å²) in [5.74, 6) is 1.39. The number of benzene rings is 2. The second-order valence-corrected chi connectivity index (χ2v) is 8.83. The van der Waals surface area contributed by atoms with Crippen molar-refractivity contribution in [3.63, 3.8) is 0 Å². The van der Waals surface area contributed by atoms with Crippen molar-refractivity contribution < 1.29 is 14.0 Å². The van der Waals surface area contributed by atoms with Crippen molar-refractivity contribution in [3.8, 4) is 0 Å². The molecule has 0 spiro atoms. The van der Waals surface area contributed by atoms with E-state index in [1.165, 1.54) is 17.3 Å². The number of fused-ring (bicyclic) bond motifs is 3. The van der Waals surface area contributed by atoms with Crippen LogP contribution >= 0.6 is 11.8 Å². The third kappa shape index (κ3) is 4.47. The van der Waals surface area contributed by atoms with Gasteiger partial charge in [0.25, 0.3) is 5.91 Å². The largest absolute Gasteiger partial charge is 0.467 e. The predicted octanol–water partition coefficient (Wildman–Crippen LogP) is 4.19. The molecule has 0 bridgehead atoms. The van der Waals surface area contributed by atoms with E-state index in [4.69, 9.17) is 9.41 Å². The van der Waals surface area contributed by atoms with Crippen LogP contribution in [0.3, 0.4) is 0 Å². The highest BCUT2D eigenvalue weighted by atomic mass is 32.2.